The van der Waals surface area contributed by atoms with Crippen molar-refractivity contribution in [2.45, 2.75) is 6.42 Å². The Labute approximate surface area is 122 Å². The van der Waals surface area contributed by atoms with Gasteiger partial charge in [0.15, 0.2) is 0 Å². The van der Waals surface area contributed by atoms with Crippen molar-refractivity contribution in [1.82, 2.24) is 0 Å². The van der Waals surface area contributed by atoms with Gasteiger partial charge in [0.2, 0.25) is 5.91 Å². The highest BCUT2D eigenvalue weighted by atomic mass is 79.9. The smallest absolute Gasteiger partial charge is 0.308 e. The molecule has 1 aliphatic rings. The molecule has 18 heavy (non-hydrogen) atoms. The molecular weight excluding hydrogens is 345 g/mol. The van der Waals surface area contributed by atoms with E-state index in [0.29, 0.717) is 15.2 Å². The van der Waals surface area contributed by atoms with Crippen molar-refractivity contribution in [3.05, 3.63) is 26.7 Å². The van der Waals surface area contributed by atoms with E-state index < -0.39 is 11.9 Å². The number of hydrogen-bond donors (Lipinski definition) is 1. The van der Waals surface area contributed by atoms with E-state index in [-0.39, 0.29) is 23.9 Å². The van der Waals surface area contributed by atoms with Crippen molar-refractivity contribution >= 4 is 56.7 Å². The van der Waals surface area contributed by atoms with Crippen LogP contribution in [-0.2, 0) is 9.59 Å². The number of benzene rings is 1. The van der Waals surface area contributed by atoms with Crippen LogP contribution in [0.1, 0.15) is 6.42 Å². The van der Waals surface area contributed by atoms with E-state index in [9.17, 15) is 9.59 Å². The van der Waals surface area contributed by atoms with Crippen LogP contribution >= 0.6 is 39.1 Å². The van der Waals surface area contributed by atoms with E-state index in [2.05, 4.69) is 15.9 Å². The minimum absolute atomic E-state index is 0.0145. The van der Waals surface area contributed by atoms with Gasteiger partial charge in [0.25, 0.3) is 0 Å². The van der Waals surface area contributed by atoms with Gasteiger partial charge in [-0.2, -0.15) is 0 Å². The van der Waals surface area contributed by atoms with E-state index >= 15 is 0 Å². The lowest BCUT2D eigenvalue weighted by atomic mass is 10.1. The van der Waals surface area contributed by atoms with Crippen molar-refractivity contribution in [3.63, 3.8) is 0 Å². The molecule has 1 N–H and O–H groups in total. The maximum Gasteiger partial charge on any atom is 0.308 e. The summed E-state index contributed by atoms with van der Waals surface area (Å²) in [4.78, 5) is 24.0. The van der Waals surface area contributed by atoms with Gasteiger partial charge in [-0.1, -0.05) is 23.2 Å². The first-order valence-corrected chi connectivity index (χ1v) is 6.63. The van der Waals surface area contributed by atoms with E-state index in [1.807, 2.05) is 0 Å². The Hall–Kier alpha value is -0.780. The number of carboxylic acids is 1. The van der Waals surface area contributed by atoms with Crippen LogP contribution in [-0.4, -0.2) is 23.5 Å². The van der Waals surface area contributed by atoms with Gasteiger partial charge < -0.3 is 10.0 Å². The van der Waals surface area contributed by atoms with E-state index in [1.54, 1.807) is 12.1 Å². The molecule has 1 heterocycles. The number of carbonyl (C=O) groups excluding carboxylic acids is 1. The van der Waals surface area contributed by atoms with Crippen molar-refractivity contribution < 1.29 is 14.7 Å². The molecule has 0 saturated carbocycles. The lowest BCUT2D eigenvalue weighted by Crippen LogP contribution is -2.26. The van der Waals surface area contributed by atoms with Gasteiger partial charge in [-0.05, 0) is 28.1 Å². The molecule has 1 fully saturated rings. The van der Waals surface area contributed by atoms with Crippen LogP contribution in [0.4, 0.5) is 5.69 Å². The molecule has 1 amide bonds. The summed E-state index contributed by atoms with van der Waals surface area (Å²) in [5.41, 5.74) is 0.443. The topological polar surface area (TPSA) is 57.6 Å². The zero-order valence-corrected chi connectivity index (χ0v) is 12.1. The summed E-state index contributed by atoms with van der Waals surface area (Å²) in [6.45, 7) is 0.117. The maximum atomic E-state index is 11.8. The molecule has 0 bridgehead atoms. The normalized spacial score (nSPS) is 19.4. The van der Waals surface area contributed by atoms with Crippen molar-refractivity contribution in [3.8, 4) is 0 Å². The molecule has 1 aliphatic heterocycles. The molecule has 0 aromatic heterocycles. The summed E-state index contributed by atoms with van der Waals surface area (Å²) in [5, 5.41) is 9.47. The first-order valence-electron chi connectivity index (χ1n) is 5.08. The SMILES string of the molecule is O=C(O)C1CC(=O)N(c2ccc(Br)c(Cl)c2Cl)C1. The quantitative estimate of drug-likeness (QED) is 0.831. The Kier molecular flexibility index (Phi) is 3.84. The van der Waals surface area contributed by atoms with Crippen LogP contribution in [0.15, 0.2) is 16.6 Å². The molecule has 0 spiro atoms. The fourth-order valence-electron chi connectivity index (χ4n) is 1.83. The Morgan fingerprint density at radius 1 is 1.39 bits per heavy atom. The second-order valence-electron chi connectivity index (χ2n) is 3.94. The number of nitrogens with zero attached hydrogens (tertiary/aromatic N) is 1. The van der Waals surface area contributed by atoms with Gasteiger partial charge in [0.05, 0.1) is 21.7 Å². The van der Waals surface area contributed by atoms with Crippen LogP contribution in [0.5, 0.6) is 0 Å². The first kappa shape index (κ1) is 13.6. The predicted octanol–water partition coefficient (Wildman–Crippen LogP) is 3.19. The monoisotopic (exact) mass is 351 g/mol. The molecule has 1 saturated heterocycles. The summed E-state index contributed by atoms with van der Waals surface area (Å²) >= 11 is 15.3. The van der Waals surface area contributed by atoms with Gasteiger partial charge in [-0.15, -0.1) is 0 Å². The van der Waals surface area contributed by atoms with Crippen molar-refractivity contribution in [2.75, 3.05) is 11.4 Å². The highest BCUT2D eigenvalue weighted by Crippen LogP contribution is 2.39. The minimum Gasteiger partial charge on any atom is -0.481 e. The average molecular weight is 353 g/mol. The lowest BCUT2D eigenvalue weighted by molar-refractivity contribution is -0.141. The Balaban J connectivity index is 2.36. The van der Waals surface area contributed by atoms with Crippen LogP contribution < -0.4 is 4.90 Å². The zero-order valence-electron chi connectivity index (χ0n) is 8.99. The fourth-order valence-corrected chi connectivity index (χ4v) is 2.70. The summed E-state index contributed by atoms with van der Waals surface area (Å²) in [7, 11) is 0. The van der Waals surface area contributed by atoms with Gasteiger partial charge >= 0.3 is 5.97 Å². The number of anilines is 1. The number of halogens is 3. The molecule has 1 aromatic rings. The Morgan fingerprint density at radius 2 is 2.06 bits per heavy atom. The van der Waals surface area contributed by atoms with Gasteiger partial charge in [0, 0.05) is 17.4 Å². The third-order valence-electron chi connectivity index (χ3n) is 2.78. The number of hydrogen-bond acceptors (Lipinski definition) is 2. The highest BCUT2D eigenvalue weighted by Gasteiger charge is 2.36. The third-order valence-corrected chi connectivity index (χ3v) is 4.54. The van der Waals surface area contributed by atoms with Crippen molar-refractivity contribution in [2.24, 2.45) is 5.92 Å². The van der Waals surface area contributed by atoms with E-state index in [0.717, 1.165) is 0 Å². The molecule has 0 aliphatic carbocycles. The predicted molar refractivity (Wildman–Crippen MR) is 72.3 cm³/mol. The Bertz CT molecular complexity index is 535. The van der Waals surface area contributed by atoms with E-state index in [1.165, 1.54) is 4.90 Å². The van der Waals surface area contributed by atoms with Crippen LogP contribution in [0.3, 0.4) is 0 Å². The van der Waals surface area contributed by atoms with Crippen LogP contribution in [0, 0.1) is 5.92 Å². The molecule has 96 valence electrons. The zero-order chi connectivity index (χ0) is 13.4. The summed E-state index contributed by atoms with van der Waals surface area (Å²) in [6.07, 6.45) is -0.0145. The van der Waals surface area contributed by atoms with Gasteiger partial charge in [0.1, 0.15) is 0 Å². The van der Waals surface area contributed by atoms with Gasteiger partial charge in [-0.25, -0.2) is 0 Å². The van der Waals surface area contributed by atoms with Crippen LogP contribution in [0.25, 0.3) is 0 Å². The lowest BCUT2D eigenvalue weighted by Gasteiger charge is -2.18. The number of aliphatic carboxylic acids is 1. The highest BCUT2D eigenvalue weighted by molar-refractivity contribution is 9.10. The molecule has 2 rings (SSSR count). The minimum atomic E-state index is -0.981. The molecular formula is C11H8BrCl2NO3. The average Bonchev–Trinajstić information content (AvgIpc) is 2.69. The number of carboxylic acid groups (broad SMARTS) is 1. The van der Waals surface area contributed by atoms with Crippen LogP contribution in [0.2, 0.25) is 10.0 Å². The Morgan fingerprint density at radius 3 is 2.61 bits per heavy atom. The first-order chi connectivity index (χ1) is 8.41. The molecule has 0 radical (unpaired) electrons. The fraction of sp³-hybridized carbons (Fsp3) is 0.273. The number of rotatable bonds is 2. The second kappa shape index (κ2) is 5.07. The summed E-state index contributed by atoms with van der Waals surface area (Å²) < 4.78 is 0.624. The molecule has 1 atom stereocenters. The summed E-state index contributed by atoms with van der Waals surface area (Å²) in [6, 6.07) is 3.31. The summed E-state index contributed by atoms with van der Waals surface area (Å²) in [5.74, 6) is -1.94. The largest absolute Gasteiger partial charge is 0.481 e. The standard InChI is InChI=1S/C11H8BrCl2NO3/c12-6-1-2-7(10(14)9(6)13)15-4-5(11(17)18)3-8(15)16/h1-2,5H,3-4H2,(H,17,18). The van der Waals surface area contributed by atoms with E-state index in [4.69, 9.17) is 28.3 Å². The van der Waals surface area contributed by atoms with Crippen molar-refractivity contribution in [1.29, 1.82) is 0 Å². The number of carbonyl (C=O) groups is 2. The third kappa shape index (κ3) is 2.35. The molecule has 1 unspecified atom stereocenters. The number of amides is 1. The molecule has 4 nitrogen and oxygen atoms in total. The molecule has 7 heteroatoms. The maximum absolute atomic E-state index is 11.8. The molecule has 1 aromatic carbocycles. The van der Waals surface area contributed by atoms with Gasteiger partial charge in [-0.3, -0.25) is 9.59 Å². The second-order valence-corrected chi connectivity index (χ2v) is 5.55.